The summed E-state index contributed by atoms with van der Waals surface area (Å²) in [6, 6.07) is 19.6. The van der Waals surface area contributed by atoms with Gasteiger partial charge in [0.25, 0.3) is 0 Å². The molecule has 0 aliphatic carbocycles. The summed E-state index contributed by atoms with van der Waals surface area (Å²) < 4.78 is 23.9. The number of aryl methyl sites for hydroxylation is 1. The zero-order chi connectivity index (χ0) is 34.3. The van der Waals surface area contributed by atoms with E-state index in [-0.39, 0.29) is 12.3 Å². The van der Waals surface area contributed by atoms with Crippen LogP contribution < -0.4 is 20.1 Å². The molecule has 252 valence electrons. The van der Waals surface area contributed by atoms with E-state index in [1.54, 1.807) is 52.1 Å². The second kappa shape index (κ2) is 15.3. The topological polar surface area (TPSA) is 138 Å². The number of fused-ring (bicyclic) bond motifs is 3. The summed E-state index contributed by atoms with van der Waals surface area (Å²) in [6.07, 6.45) is -0.456. The minimum absolute atomic E-state index is 0.0265. The highest BCUT2D eigenvalue weighted by molar-refractivity contribution is 6.30. The van der Waals surface area contributed by atoms with Gasteiger partial charge in [-0.25, -0.2) is 4.79 Å². The van der Waals surface area contributed by atoms with Crippen LogP contribution in [-0.4, -0.2) is 71.6 Å². The number of aliphatic imine (C=N–C) groups is 1. The average molecular weight is 675 g/mol. The molecule has 0 radical (unpaired) electrons. The number of ether oxygens (including phenoxy) is 4. The van der Waals surface area contributed by atoms with E-state index in [2.05, 4.69) is 20.8 Å². The van der Waals surface area contributed by atoms with Crippen LogP contribution in [0.15, 0.2) is 71.7 Å². The smallest absolute Gasteiger partial charge is 0.407 e. The second-order valence-corrected chi connectivity index (χ2v) is 12.4. The molecule has 0 saturated carbocycles. The van der Waals surface area contributed by atoms with Crippen LogP contribution in [0.1, 0.15) is 56.0 Å². The lowest BCUT2D eigenvalue weighted by atomic mass is 10.00. The van der Waals surface area contributed by atoms with Gasteiger partial charge in [-0.2, -0.15) is 0 Å². The number of hydrogen-bond acceptors (Lipinski definition) is 9. The van der Waals surface area contributed by atoms with Crippen LogP contribution >= 0.6 is 11.6 Å². The zero-order valence-corrected chi connectivity index (χ0v) is 28.3. The molecule has 2 amide bonds. The number of alkyl carbamates (subject to hydrolysis) is 1. The fraction of sp³-hybridized carbons (Fsp3) is 0.343. The number of benzene rings is 3. The van der Waals surface area contributed by atoms with Gasteiger partial charge < -0.3 is 29.6 Å². The molecule has 0 saturated heterocycles. The third-order valence-electron chi connectivity index (χ3n) is 7.18. The molecule has 4 aromatic rings. The van der Waals surface area contributed by atoms with Gasteiger partial charge in [0, 0.05) is 28.4 Å². The molecule has 1 aliphatic rings. The van der Waals surface area contributed by atoms with Gasteiger partial charge in [0.05, 0.1) is 38.1 Å². The van der Waals surface area contributed by atoms with E-state index in [0.717, 1.165) is 16.8 Å². The predicted octanol–water partition coefficient (Wildman–Crippen LogP) is 6.08. The molecule has 0 fully saturated rings. The summed E-state index contributed by atoms with van der Waals surface area (Å²) in [5.74, 6) is 2.29. The molecular formula is C35H39ClN6O6. The first-order valence-electron chi connectivity index (χ1n) is 15.5. The number of carbonyl (C=O) groups excluding carboxylic acids is 2. The van der Waals surface area contributed by atoms with Gasteiger partial charge in [0.15, 0.2) is 5.82 Å². The van der Waals surface area contributed by atoms with E-state index in [9.17, 15) is 9.59 Å². The lowest BCUT2D eigenvalue weighted by Gasteiger charge is -2.19. The van der Waals surface area contributed by atoms with Crippen molar-refractivity contribution in [3.05, 3.63) is 94.5 Å². The summed E-state index contributed by atoms with van der Waals surface area (Å²) in [5.41, 5.74) is 3.25. The number of carbonyl (C=O) groups is 2. The number of aromatic nitrogens is 3. The maximum absolute atomic E-state index is 13.4. The number of anilines is 1. The maximum Gasteiger partial charge on any atom is 0.407 e. The summed E-state index contributed by atoms with van der Waals surface area (Å²) in [4.78, 5) is 30.2. The van der Waals surface area contributed by atoms with Gasteiger partial charge in [-0.15, -0.1) is 10.2 Å². The number of rotatable bonds is 12. The molecule has 0 bridgehead atoms. The van der Waals surface area contributed by atoms with Gasteiger partial charge in [-0.05, 0) is 82.3 Å². The van der Waals surface area contributed by atoms with Crippen molar-refractivity contribution in [2.24, 2.45) is 4.99 Å². The van der Waals surface area contributed by atoms with Crippen LogP contribution in [0, 0.1) is 6.92 Å². The first kappa shape index (κ1) is 34.4. The molecule has 2 heterocycles. The number of amides is 2. The number of hydrogen-bond donors (Lipinski definition) is 2. The van der Waals surface area contributed by atoms with E-state index in [1.165, 1.54) is 0 Å². The van der Waals surface area contributed by atoms with Crippen molar-refractivity contribution in [1.82, 2.24) is 20.1 Å². The highest BCUT2D eigenvalue weighted by Gasteiger charge is 2.30. The molecule has 13 heteroatoms. The molecular weight excluding hydrogens is 636 g/mol. The zero-order valence-electron chi connectivity index (χ0n) is 27.6. The molecule has 1 aromatic heterocycles. The van der Waals surface area contributed by atoms with Crippen molar-refractivity contribution in [1.29, 1.82) is 0 Å². The molecule has 12 nitrogen and oxygen atoms in total. The Bertz CT molecular complexity index is 1770. The first-order valence-corrected chi connectivity index (χ1v) is 15.9. The number of nitrogens with one attached hydrogen (secondary N) is 2. The molecule has 0 spiro atoms. The standard InChI is InChI=1S/C35H39ClN6O6/c1-22-40-41-33-29(39-32(23-6-8-24(36)9-7-23)28-20-27(45-5)14-15-30(28)42(22)33)21-31(43)38-25-10-12-26(13-11-25)47-19-18-46-17-16-37-34(44)48-35(2,3)4/h6-15,20,29H,16-19,21H2,1-5H3,(H,37,44)(H,38,43)/t29-/m0/s1. The minimum atomic E-state index is -0.628. The Morgan fingerprint density at radius 2 is 1.67 bits per heavy atom. The SMILES string of the molecule is COc1ccc2c(c1)C(c1ccc(Cl)cc1)=N[C@@H](CC(=O)Nc1ccc(OCCOCCNC(=O)OC(C)(C)C)cc1)c1nnc(C)n1-2. The third-order valence-corrected chi connectivity index (χ3v) is 7.43. The Morgan fingerprint density at radius 1 is 0.938 bits per heavy atom. The molecule has 0 unspecified atom stereocenters. The van der Waals surface area contributed by atoms with Crippen molar-refractivity contribution in [3.8, 4) is 17.2 Å². The van der Waals surface area contributed by atoms with E-state index < -0.39 is 17.7 Å². The molecule has 48 heavy (non-hydrogen) atoms. The summed E-state index contributed by atoms with van der Waals surface area (Å²) in [6.45, 7) is 8.61. The molecule has 3 aromatic carbocycles. The first-order chi connectivity index (χ1) is 23.0. The van der Waals surface area contributed by atoms with Crippen LogP contribution in [0.3, 0.4) is 0 Å². The van der Waals surface area contributed by atoms with Gasteiger partial charge >= 0.3 is 6.09 Å². The van der Waals surface area contributed by atoms with Gasteiger partial charge in [-0.1, -0.05) is 23.7 Å². The van der Waals surface area contributed by atoms with E-state index in [1.807, 2.05) is 54.0 Å². The van der Waals surface area contributed by atoms with Gasteiger partial charge in [0.2, 0.25) is 5.91 Å². The van der Waals surface area contributed by atoms with Crippen molar-refractivity contribution in [2.45, 2.75) is 45.8 Å². The van der Waals surface area contributed by atoms with E-state index in [0.29, 0.717) is 65.9 Å². The molecule has 5 rings (SSSR count). The van der Waals surface area contributed by atoms with Crippen LogP contribution in [0.5, 0.6) is 11.5 Å². The Kier molecular flexibility index (Phi) is 11.0. The fourth-order valence-corrected chi connectivity index (χ4v) is 5.18. The summed E-state index contributed by atoms with van der Waals surface area (Å²) in [5, 5.41) is 15.0. The molecule has 2 N–H and O–H groups in total. The Balaban J connectivity index is 1.21. The summed E-state index contributed by atoms with van der Waals surface area (Å²) >= 11 is 6.20. The van der Waals surface area contributed by atoms with Crippen LogP contribution in [0.25, 0.3) is 5.69 Å². The minimum Gasteiger partial charge on any atom is -0.497 e. The lowest BCUT2D eigenvalue weighted by molar-refractivity contribution is -0.116. The molecule has 1 aliphatic heterocycles. The van der Waals surface area contributed by atoms with Crippen LogP contribution in [0.4, 0.5) is 10.5 Å². The van der Waals surface area contributed by atoms with Gasteiger partial charge in [-0.3, -0.25) is 14.4 Å². The van der Waals surface area contributed by atoms with E-state index >= 15 is 0 Å². The number of methoxy groups -OCH3 is 1. The largest absolute Gasteiger partial charge is 0.497 e. The number of halogens is 1. The normalized spacial score (nSPS) is 13.8. The van der Waals surface area contributed by atoms with Crippen molar-refractivity contribution in [2.75, 3.05) is 38.8 Å². The third kappa shape index (κ3) is 8.90. The second-order valence-electron chi connectivity index (χ2n) is 12.0. The Morgan fingerprint density at radius 3 is 2.38 bits per heavy atom. The Hall–Kier alpha value is -4.94. The predicted molar refractivity (Wildman–Crippen MR) is 183 cm³/mol. The summed E-state index contributed by atoms with van der Waals surface area (Å²) in [7, 11) is 1.62. The average Bonchev–Trinajstić information content (AvgIpc) is 3.37. The van der Waals surface area contributed by atoms with Crippen molar-refractivity contribution < 1.29 is 28.5 Å². The lowest BCUT2D eigenvalue weighted by Crippen LogP contribution is -2.34. The monoisotopic (exact) mass is 674 g/mol. The highest BCUT2D eigenvalue weighted by atomic mass is 35.5. The van der Waals surface area contributed by atoms with Crippen molar-refractivity contribution >= 4 is 35.0 Å². The highest BCUT2D eigenvalue weighted by Crippen LogP contribution is 2.34. The van der Waals surface area contributed by atoms with E-state index in [4.69, 9.17) is 35.5 Å². The van der Waals surface area contributed by atoms with Crippen LogP contribution in [0.2, 0.25) is 5.02 Å². The number of nitrogens with zero attached hydrogens (tertiary/aromatic N) is 4. The maximum atomic E-state index is 13.4. The van der Waals surface area contributed by atoms with Crippen LogP contribution in [-0.2, 0) is 14.3 Å². The fourth-order valence-electron chi connectivity index (χ4n) is 5.06. The Labute approximate surface area is 284 Å². The van der Waals surface area contributed by atoms with Crippen molar-refractivity contribution in [3.63, 3.8) is 0 Å². The van der Waals surface area contributed by atoms with Gasteiger partial charge in [0.1, 0.15) is 35.6 Å². The quantitative estimate of drug-likeness (QED) is 0.173. The molecule has 1 atom stereocenters.